The van der Waals surface area contributed by atoms with Crippen LogP contribution in [0.25, 0.3) is 0 Å². The summed E-state index contributed by atoms with van der Waals surface area (Å²) in [5, 5.41) is 10.0. The Morgan fingerprint density at radius 1 is 1.24 bits per heavy atom. The van der Waals surface area contributed by atoms with Gasteiger partial charge >= 0.3 is 7.12 Å². The van der Waals surface area contributed by atoms with Gasteiger partial charge in [0.15, 0.2) is 0 Å². The molecule has 0 aliphatic heterocycles. The summed E-state index contributed by atoms with van der Waals surface area (Å²) >= 11 is 0. The highest BCUT2D eigenvalue weighted by atomic mass is 19.1. The summed E-state index contributed by atoms with van der Waals surface area (Å²) in [7, 11) is -1.01. The Morgan fingerprint density at radius 2 is 2.00 bits per heavy atom. The van der Waals surface area contributed by atoms with E-state index in [0.717, 1.165) is 18.8 Å². The lowest BCUT2D eigenvalue weighted by Crippen LogP contribution is -2.38. The van der Waals surface area contributed by atoms with Crippen LogP contribution in [-0.2, 0) is 4.65 Å². The first kappa shape index (κ1) is 16.5. The number of unbranched alkanes of at least 4 members (excludes halogenated alkanes) is 2. The van der Waals surface area contributed by atoms with Crippen LogP contribution in [0.5, 0.6) is 0 Å². The van der Waals surface area contributed by atoms with E-state index in [2.05, 4.69) is 6.92 Å². The lowest BCUT2D eigenvalue weighted by atomic mass is 9.77. The zero-order valence-electron chi connectivity index (χ0n) is 12.9. The zero-order valence-corrected chi connectivity index (χ0v) is 12.9. The van der Waals surface area contributed by atoms with Gasteiger partial charge in [0.05, 0.1) is 0 Å². The van der Waals surface area contributed by atoms with Crippen LogP contribution in [0.4, 0.5) is 4.39 Å². The van der Waals surface area contributed by atoms with Crippen molar-refractivity contribution in [3.8, 4) is 0 Å². The summed E-state index contributed by atoms with van der Waals surface area (Å²) in [6, 6.07) is 6.00. The molecule has 0 amide bonds. The average molecular weight is 292 g/mol. The second-order valence-electron chi connectivity index (χ2n) is 6.18. The average Bonchev–Trinajstić information content (AvgIpc) is 2.49. The molecule has 0 atom stereocenters. The van der Waals surface area contributed by atoms with Gasteiger partial charge in [-0.2, -0.15) is 0 Å². The predicted molar refractivity (Wildman–Crippen MR) is 85.0 cm³/mol. The predicted octanol–water partition coefficient (Wildman–Crippen LogP) is 3.67. The van der Waals surface area contributed by atoms with E-state index in [9.17, 15) is 9.41 Å². The molecule has 2 nitrogen and oxygen atoms in total. The van der Waals surface area contributed by atoms with Gasteiger partial charge in [-0.15, -0.1) is 0 Å². The van der Waals surface area contributed by atoms with E-state index >= 15 is 0 Å². The third-order valence-electron chi connectivity index (χ3n) is 4.46. The molecule has 4 heteroatoms. The largest absolute Gasteiger partial charge is 0.491 e. The Balaban J connectivity index is 1.73. The van der Waals surface area contributed by atoms with Crippen LogP contribution in [0.3, 0.4) is 0 Å². The van der Waals surface area contributed by atoms with Gasteiger partial charge in [-0.3, -0.25) is 0 Å². The second kappa shape index (κ2) is 8.55. The van der Waals surface area contributed by atoms with Gasteiger partial charge in [0.2, 0.25) is 0 Å². The smallest absolute Gasteiger partial charge is 0.423 e. The number of hydrogen-bond acceptors (Lipinski definition) is 2. The molecule has 1 saturated carbocycles. The Hall–Kier alpha value is -0.865. The van der Waals surface area contributed by atoms with Crippen molar-refractivity contribution in [1.82, 2.24) is 0 Å². The minimum atomic E-state index is -1.01. The third-order valence-corrected chi connectivity index (χ3v) is 4.46. The summed E-state index contributed by atoms with van der Waals surface area (Å²) in [4.78, 5) is 0. The Morgan fingerprint density at radius 3 is 2.67 bits per heavy atom. The van der Waals surface area contributed by atoms with E-state index in [1.807, 2.05) is 0 Å². The minimum Gasteiger partial charge on any atom is -0.423 e. The summed E-state index contributed by atoms with van der Waals surface area (Å²) in [5.41, 5.74) is 0.500. The van der Waals surface area contributed by atoms with E-state index < -0.39 is 7.12 Å². The molecule has 0 spiro atoms. The fraction of sp³-hybridized carbons (Fsp3) is 0.647. The highest BCUT2D eigenvalue weighted by Crippen LogP contribution is 2.30. The van der Waals surface area contributed by atoms with E-state index in [1.165, 1.54) is 50.7 Å². The fourth-order valence-electron chi connectivity index (χ4n) is 3.16. The van der Waals surface area contributed by atoms with Crippen LogP contribution in [0.15, 0.2) is 24.3 Å². The Bertz CT molecular complexity index is 419. The first-order chi connectivity index (χ1) is 10.2. The molecule has 1 fully saturated rings. The van der Waals surface area contributed by atoms with Crippen LogP contribution in [0, 0.1) is 11.7 Å². The second-order valence-corrected chi connectivity index (χ2v) is 6.18. The number of halogens is 1. The minimum absolute atomic E-state index is 0.102. The number of benzene rings is 1. The normalized spacial score (nSPS) is 22.2. The zero-order chi connectivity index (χ0) is 15.1. The van der Waals surface area contributed by atoms with Crippen molar-refractivity contribution < 1.29 is 14.1 Å². The van der Waals surface area contributed by atoms with Crippen molar-refractivity contribution >= 4 is 12.6 Å². The Labute approximate surface area is 127 Å². The molecule has 1 aliphatic rings. The summed E-state index contributed by atoms with van der Waals surface area (Å²) in [6.07, 6.45) is 9.74. The SMILES string of the molecule is CCCCCC1CCC(OB(O)c2cccc(F)c2)CC1. The van der Waals surface area contributed by atoms with Crippen LogP contribution in [0.2, 0.25) is 0 Å². The van der Waals surface area contributed by atoms with Crippen LogP contribution < -0.4 is 5.46 Å². The van der Waals surface area contributed by atoms with Gasteiger partial charge in [-0.1, -0.05) is 44.7 Å². The molecular formula is C17H26BFO2. The molecule has 0 bridgehead atoms. The maximum Gasteiger partial charge on any atom is 0.491 e. The maximum absolute atomic E-state index is 13.1. The van der Waals surface area contributed by atoms with E-state index in [-0.39, 0.29) is 11.9 Å². The van der Waals surface area contributed by atoms with Gasteiger partial charge in [-0.05, 0) is 49.2 Å². The van der Waals surface area contributed by atoms with Crippen molar-refractivity contribution in [3.05, 3.63) is 30.1 Å². The van der Waals surface area contributed by atoms with Crippen molar-refractivity contribution in [2.45, 2.75) is 64.4 Å². The van der Waals surface area contributed by atoms with Gasteiger partial charge < -0.3 is 9.68 Å². The van der Waals surface area contributed by atoms with Crippen LogP contribution >= 0.6 is 0 Å². The molecular weight excluding hydrogens is 266 g/mol. The van der Waals surface area contributed by atoms with Crippen molar-refractivity contribution in [3.63, 3.8) is 0 Å². The third kappa shape index (κ3) is 5.44. The first-order valence-corrected chi connectivity index (χ1v) is 8.28. The van der Waals surface area contributed by atoms with Crippen molar-refractivity contribution in [2.24, 2.45) is 5.92 Å². The van der Waals surface area contributed by atoms with Gasteiger partial charge in [0.1, 0.15) is 5.82 Å². The van der Waals surface area contributed by atoms with E-state index in [4.69, 9.17) is 4.65 Å². The molecule has 21 heavy (non-hydrogen) atoms. The Kier molecular flexibility index (Phi) is 6.72. The molecule has 0 aromatic heterocycles. The monoisotopic (exact) mass is 292 g/mol. The van der Waals surface area contributed by atoms with Gasteiger partial charge in [0.25, 0.3) is 0 Å². The lowest BCUT2D eigenvalue weighted by molar-refractivity contribution is 0.109. The molecule has 1 aromatic rings. The van der Waals surface area contributed by atoms with Gasteiger partial charge in [-0.25, -0.2) is 4.39 Å². The molecule has 116 valence electrons. The van der Waals surface area contributed by atoms with Gasteiger partial charge in [0, 0.05) is 6.10 Å². The maximum atomic E-state index is 13.1. The molecule has 0 radical (unpaired) electrons. The van der Waals surface area contributed by atoms with Crippen LogP contribution in [0.1, 0.15) is 58.3 Å². The standard InChI is InChI=1S/C17H26BFO2/c1-2-3-4-6-14-9-11-17(12-10-14)21-18(20)15-7-5-8-16(19)13-15/h5,7-8,13-14,17,20H,2-4,6,9-12H2,1H3. The molecule has 0 saturated heterocycles. The fourth-order valence-corrected chi connectivity index (χ4v) is 3.16. The lowest BCUT2D eigenvalue weighted by Gasteiger charge is -2.29. The van der Waals surface area contributed by atoms with Crippen LogP contribution in [-0.4, -0.2) is 18.2 Å². The molecule has 1 N–H and O–H groups in total. The molecule has 2 rings (SSSR count). The number of rotatable bonds is 7. The summed E-state index contributed by atoms with van der Waals surface area (Å²) in [5.74, 6) is 0.484. The highest BCUT2D eigenvalue weighted by molar-refractivity contribution is 6.60. The summed E-state index contributed by atoms with van der Waals surface area (Å²) < 4.78 is 18.8. The first-order valence-electron chi connectivity index (χ1n) is 8.28. The highest BCUT2D eigenvalue weighted by Gasteiger charge is 2.26. The van der Waals surface area contributed by atoms with Crippen molar-refractivity contribution in [1.29, 1.82) is 0 Å². The molecule has 0 heterocycles. The van der Waals surface area contributed by atoms with E-state index in [0.29, 0.717) is 5.46 Å². The van der Waals surface area contributed by atoms with Crippen molar-refractivity contribution in [2.75, 3.05) is 0 Å². The number of hydrogen-bond donors (Lipinski definition) is 1. The molecule has 0 unspecified atom stereocenters. The molecule has 1 aromatic carbocycles. The topological polar surface area (TPSA) is 29.5 Å². The summed E-state index contributed by atoms with van der Waals surface area (Å²) in [6.45, 7) is 2.23. The van der Waals surface area contributed by atoms with E-state index in [1.54, 1.807) is 12.1 Å². The quantitative estimate of drug-likeness (QED) is 0.614. The molecule has 1 aliphatic carbocycles.